The molecule has 0 radical (unpaired) electrons. The zero-order valence-corrected chi connectivity index (χ0v) is 45.5. The van der Waals surface area contributed by atoms with E-state index >= 15 is 0 Å². The second kappa shape index (κ2) is 25.5. The number of carbonyl (C=O) groups excluding carboxylic acids is 2. The van der Waals surface area contributed by atoms with Gasteiger partial charge in [-0.15, -0.1) is 0 Å². The third kappa shape index (κ3) is 16.3. The Morgan fingerprint density at radius 2 is 1.01 bits per heavy atom. The first-order chi connectivity index (χ1) is 32.0. The minimum absolute atomic E-state index is 0. The van der Waals surface area contributed by atoms with E-state index in [0.717, 1.165) is 53.5 Å². The van der Waals surface area contributed by atoms with Gasteiger partial charge in [-0.25, -0.2) is 0 Å². The standard InChI is InChI=1S/C23H30ClF3NO4PS.C20H26ClNO3.C3H5ClF3OPS.CH4/c1-5-14-11-16(24)12-15(6-2)18(14)19-20(32-33(4,34)31-13-23(25,26)27)22(28-21(19)29)9-7-17(30-3)8-10-22;1-4-12-10-14(21)11-13(5-2)16(12)17-18(23)20(22-19(17)24)8-6-15(25-3)7-9-20;1-9(4,10)8-2-3(5,6)7;/h11-12,17H,5-10,13H2,1-4H3,(H,28,29);10-11,15,23H,4-9H2,1-3H3,(H,22,24);2H2,1H3;1H4. The van der Waals surface area contributed by atoms with Gasteiger partial charge in [0.1, 0.15) is 23.7 Å². The van der Waals surface area contributed by atoms with E-state index in [1.807, 2.05) is 52.0 Å². The number of halogens is 9. The maximum absolute atomic E-state index is 13.5. The van der Waals surface area contributed by atoms with Crippen molar-refractivity contribution in [3.05, 3.63) is 79.2 Å². The second-order valence-corrected chi connectivity index (χ2v) is 28.6. The van der Waals surface area contributed by atoms with Crippen LogP contribution in [0.4, 0.5) is 26.3 Å². The number of aliphatic hydroxyl groups excluding tert-OH is 1. The predicted octanol–water partition coefficient (Wildman–Crippen LogP) is 13.7. The van der Waals surface area contributed by atoms with Gasteiger partial charge in [-0.05, 0) is 147 Å². The third-order valence-electron chi connectivity index (χ3n) is 12.5. The van der Waals surface area contributed by atoms with E-state index in [4.69, 9.17) is 64.8 Å². The Morgan fingerprint density at radius 3 is 1.36 bits per heavy atom. The molecule has 2 atom stereocenters. The van der Waals surface area contributed by atoms with Crippen molar-refractivity contribution in [2.24, 2.45) is 0 Å². The summed E-state index contributed by atoms with van der Waals surface area (Å²) < 4.78 is 98.9. The Bertz CT molecular complexity index is 2300. The van der Waals surface area contributed by atoms with Crippen LogP contribution in [0.3, 0.4) is 0 Å². The lowest BCUT2D eigenvalue weighted by molar-refractivity contribution is -0.153. The lowest BCUT2D eigenvalue weighted by Gasteiger charge is -2.39. The van der Waals surface area contributed by atoms with Crippen molar-refractivity contribution in [3.63, 3.8) is 0 Å². The van der Waals surface area contributed by atoms with Crippen molar-refractivity contribution in [2.75, 3.05) is 40.8 Å². The highest BCUT2D eigenvalue weighted by Gasteiger charge is 2.52. The van der Waals surface area contributed by atoms with Crippen LogP contribution in [0.5, 0.6) is 0 Å². The topological polar surface area (TPSA) is 125 Å². The number of carbonyl (C=O) groups is 2. The molecule has 2 heterocycles. The van der Waals surface area contributed by atoms with Crippen molar-refractivity contribution in [1.29, 1.82) is 0 Å². The number of aryl methyl sites for hydroxylation is 4. The molecule has 0 aromatic heterocycles. The van der Waals surface area contributed by atoms with Gasteiger partial charge in [0.2, 0.25) is 6.49 Å². The van der Waals surface area contributed by atoms with E-state index in [9.17, 15) is 41.0 Å². The first-order valence-corrected chi connectivity index (χ1v) is 30.4. The van der Waals surface area contributed by atoms with E-state index in [2.05, 4.69) is 27.0 Å². The van der Waals surface area contributed by atoms with E-state index in [1.165, 1.54) is 13.3 Å². The van der Waals surface area contributed by atoms with Crippen LogP contribution in [0.1, 0.15) is 120 Å². The summed E-state index contributed by atoms with van der Waals surface area (Å²) in [7, 11) is 3.35. The van der Waals surface area contributed by atoms with Gasteiger partial charge < -0.3 is 38.8 Å². The third-order valence-corrected chi connectivity index (χ3v) is 15.8. The molecule has 396 valence electrons. The number of hydrogen-bond acceptors (Lipinski definition) is 10. The largest absolute Gasteiger partial charge is 0.509 e. The molecule has 0 bridgehead atoms. The van der Waals surface area contributed by atoms with Crippen molar-refractivity contribution in [2.45, 2.75) is 148 Å². The molecule has 70 heavy (non-hydrogen) atoms. The van der Waals surface area contributed by atoms with E-state index < -0.39 is 48.8 Å². The van der Waals surface area contributed by atoms with Crippen molar-refractivity contribution >= 4 is 93.1 Å². The minimum atomic E-state index is -4.54. The van der Waals surface area contributed by atoms with E-state index in [0.29, 0.717) is 78.1 Å². The number of aliphatic hydroxyl groups is 1. The molecule has 2 unspecified atom stereocenters. The molecule has 2 aliphatic heterocycles. The van der Waals surface area contributed by atoms with Crippen molar-refractivity contribution < 1.29 is 64.1 Å². The van der Waals surface area contributed by atoms with E-state index in [-0.39, 0.29) is 43.0 Å². The molecule has 10 nitrogen and oxygen atoms in total. The number of methoxy groups -OCH3 is 2. The van der Waals surface area contributed by atoms with Gasteiger partial charge in [-0.2, -0.15) is 26.3 Å². The maximum atomic E-state index is 13.5. The molecule has 23 heteroatoms. The van der Waals surface area contributed by atoms with Gasteiger partial charge in [0.25, 0.3) is 11.8 Å². The number of hydrogen-bond donors (Lipinski definition) is 3. The van der Waals surface area contributed by atoms with Crippen LogP contribution in [0.2, 0.25) is 10.0 Å². The first kappa shape index (κ1) is 62.3. The van der Waals surface area contributed by atoms with Crippen molar-refractivity contribution in [3.8, 4) is 0 Å². The number of alkyl halides is 6. The van der Waals surface area contributed by atoms with Gasteiger partial charge in [-0.1, -0.05) is 81.4 Å². The predicted molar refractivity (Wildman–Crippen MR) is 275 cm³/mol. The average Bonchev–Trinajstić information content (AvgIpc) is 3.66. The maximum Gasteiger partial charge on any atom is 0.412 e. The normalized spacial score (nSPS) is 24.2. The number of nitrogens with one attached hydrogen (secondary N) is 2. The highest BCUT2D eigenvalue weighted by Crippen LogP contribution is 2.55. The molecule has 3 N–H and O–H groups in total. The molecule has 2 aromatic carbocycles. The van der Waals surface area contributed by atoms with Gasteiger partial charge in [0, 0.05) is 37.6 Å². The molecule has 2 aliphatic carbocycles. The van der Waals surface area contributed by atoms with Crippen LogP contribution in [-0.4, -0.2) is 93.3 Å². The Labute approximate surface area is 433 Å². The van der Waals surface area contributed by atoms with E-state index in [1.54, 1.807) is 14.2 Å². The van der Waals surface area contributed by atoms with Gasteiger partial charge >= 0.3 is 12.4 Å². The molecule has 2 spiro atoms. The zero-order chi connectivity index (χ0) is 51.9. The van der Waals surface area contributed by atoms with Gasteiger partial charge in [-0.3, -0.25) is 9.59 Å². The van der Waals surface area contributed by atoms with Gasteiger partial charge in [0.15, 0.2) is 6.61 Å². The van der Waals surface area contributed by atoms with Crippen LogP contribution in [0, 0.1) is 0 Å². The Morgan fingerprint density at radius 1 is 0.671 bits per heavy atom. The fourth-order valence-corrected chi connectivity index (χ4v) is 11.7. The van der Waals surface area contributed by atoms with Crippen LogP contribution in [0.15, 0.2) is 35.8 Å². The molecule has 4 aliphatic rings. The van der Waals surface area contributed by atoms with Crippen molar-refractivity contribution in [1.82, 2.24) is 10.6 Å². The first-order valence-electron chi connectivity index (χ1n) is 22.5. The van der Waals surface area contributed by atoms with Crippen LogP contribution in [-0.2, 0) is 81.9 Å². The number of rotatable bonds is 14. The molecule has 2 fully saturated rings. The quantitative estimate of drug-likeness (QED) is 0.124. The Hall–Kier alpha value is -1.95. The Kier molecular flexibility index (Phi) is 22.7. The molecule has 0 saturated heterocycles. The summed E-state index contributed by atoms with van der Waals surface area (Å²) in [6.45, 7) is 4.37. The summed E-state index contributed by atoms with van der Waals surface area (Å²) in [5.74, 6) is -0.0333. The summed E-state index contributed by atoms with van der Waals surface area (Å²) in [6, 6.07) is 7.42. The molecular weight excluding hydrogens is 1070 g/mol. The van der Waals surface area contributed by atoms with Crippen LogP contribution >= 0.6 is 46.6 Å². The van der Waals surface area contributed by atoms with Crippen LogP contribution in [0.25, 0.3) is 11.1 Å². The molecule has 2 aromatic rings. The summed E-state index contributed by atoms with van der Waals surface area (Å²) in [5.41, 5.74) is 1.84. The summed E-state index contributed by atoms with van der Waals surface area (Å²) in [5, 5.41) is 18.5. The SMILES string of the molecule is C.CCc1cc(Cl)cc(CC)c1C1=C(O)C2(CCC(OC)CC2)NC1=O.CCc1cc(Cl)cc(CC)c1C1=C(OP(C)(=S)OCC(F)(F)F)C2(CCC(OC)CC2)NC1=O.CP(=S)(Cl)OCC(F)(F)F. The summed E-state index contributed by atoms with van der Waals surface area (Å²) >= 11 is 27.6. The molecule has 2 amide bonds. The lowest BCUT2D eigenvalue weighted by atomic mass is 9.78. The molecular formula is C47H65Cl3F6N2O8P2S2. The number of ether oxygens (including phenoxy) is 2. The summed E-state index contributed by atoms with van der Waals surface area (Å²) in [4.78, 5) is 26.3. The second-order valence-electron chi connectivity index (χ2n) is 17.4. The number of benzene rings is 2. The Balaban J connectivity index is 0.000000315. The molecule has 2 saturated carbocycles. The number of amides is 2. The highest BCUT2D eigenvalue weighted by atomic mass is 35.7. The summed E-state index contributed by atoms with van der Waals surface area (Å²) in [6.07, 6.45) is -0.511. The fraction of sp³-hybridized carbons (Fsp3) is 0.617. The smallest absolute Gasteiger partial charge is 0.412 e. The zero-order valence-electron chi connectivity index (χ0n) is 39.8. The van der Waals surface area contributed by atoms with Crippen LogP contribution < -0.4 is 10.6 Å². The average molecular weight is 1130 g/mol. The minimum Gasteiger partial charge on any atom is -0.509 e. The fourth-order valence-electron chi connectivity index (χ4n) is 9.09. The van der Waals surface area contributed by atoms with Gasteiger partial charge in [0.05, 0.1) is 34.4 Å². The lowest BCUT2D eigenvalue weighted by Crippen LogP contribution is -2.48. The highest BCUT2D eigenvalue weighted by molar-refractivity contribution is 8.24. The monoisotopic (exact) mass is 1130 g/mol. The molecule has 6 rings (SSSR count).